The fourth-order valence-electron chi connectivity index (χ4n) is 2.85. The number of aromatic nitrogens is 1. The second-order valence-corrected chi connectivity index (χ2v) is 5.93. The van der Waals surface area contributed by atoms with Crippen molar-refractivity contribution in [3.63, 3.8) is 0 Å². The molecule has 126 valence electrons. The minimum atomic E-state index is 0.431. The summed E-state index contributed by atoms with van der Waals surface area (Å²) in [5, 5.41) is 0.636. The van der Waals surface area contributed by atoms with Gasteiger partial charge in [-0.2, -0.15) is 4.99 Å². The summed E-state index contributed by atoms with van der Waals surface area (Å²) in [6.45, 7) is 4.12. The Morgan fingerprint density at radius 1 is 1.16 bits per heavy atom. The molecule has 0 radical (unpaired) electrons. The fourth-order valence-corrected chi connectivity index (χ4v) is 3.07. The Bertz CT molecular complexity index is 956. The molecule has 1 aromatic heterocycles. The van der Waals surface area contributed by atoms with Gasteiger partial charge in [-0.25, -0.2) is 4.79 Å². The van der Waals surface area contributed by atoms with Crippen molar-refractivity contribution in [2.75, 3.05) is 0 Å². The van der Waals surface area contributed by atoms with Crippen LogP contribution in [0.5, 0.6) is 11.6 Å². The summed E-state index contributed by atoms with van der Waals surface area (Å²) < 4.78 is 8.10. The van der Waals surface area contributed by atoms with E-state index in [4.69, 9.17) is 16.3 Å². The summed E-state index contributed by atoms with van der Waals surface area (Å²) in [5.74, 6) is 1.11. The van der Waals surface area contributed by atoms with E-state index in [0.29, 0.717) is 22.3 Å². The largest absolute Gasteiger partial charge is 0.438 e. The maximum atomic E-state index is 10.6. The highest BCUT2D eigenvalue weighted by Gasteiger charge is 2.17. The summed E-state index contributed by atoms with van der Waals surface area (Å²) in [6, 6.07) is 16.7. The molecular formula is C20H17ClN2O2. The van der Waals surface area contributed by atoms with Crippen molar-refractivity contribution in [1.29, 1.82) is 0 Å². The Kier molecular flexibility index (Phi) is 5.03. The van der Waals surface area contributed by atoms with E-state index in [2.05, 4.69) is 11.9 Å². The van der Waals surface area contributed by atoms with Crippen LogP contribution in [0.3, 0.4) is 0 Å². The van der Waals surface area contributed by atoms with Crippen LogP contribution in [-0.4, -0.2) is 10.6 Å². The van der Waals surface area contributed by atoms with E-state index in [0.717, 1.165) is 23.4 Å². The molecule has 0 N–H and O–H groups in total. The van der Waals surface area contributed by atoms with Crippen molar-refractivity contribution in [2.24, 2.45) is 4.99 Å². The lowest BCUT2D eigenvalue weighted by Crippen LogP contribution is -2.03. The van der Waals surface area contributed by atoms with Crippen LogP contribution in [0.15, 0.2) is 59.6 Å². The molecule has 0 aliphatic heterocycles. The highest BCUT2D eigenvalue weighted by Crippen LogP contribution is 2.36. The Hall–Kier alpha value is -2.81. The van der Waals surface area contributed by atoms with Gasteiger partial charge >= 0.3 is 0 Å². The van der Waals surface area contributed by atoms with Crippen LogP contribution in [0.4, 0.5) is 5.69 Å². The summed E-state index contributed by atoms with van der Waals surface area (Å²) in [5.41, 5.74) is 3.49. The average Bonchev–Trinajstić information content (AvgIpc) is 2.92. The lowest BCUT2D eigenvalue weighted by atomic mass is 10.2. The number of halogens is 1. The van der Waals surface area contributed by atoms with Gasteiger partial charge in [-0.1, -0.05) is 42.8 Å². The first-order valence-electron chi connectivity index (χ1n) is 7.96. The molecule has 0 unspecified atom stereocenters. The zero-order chi connectivity index (χ0) is 17.8. The number of isocyanates is 1. The molecule has 4 nitrogen and oxygen atoms in total. The topological polar surface area (TPSA) is 43.6 Å². The van der Waals surface area contributed by atoms with Gasteiger partial charge < -0.3 is 4.74 Å². The first kappa shape index (κ1) is 17.0. The molecule has 0 atom stereocenters. The van der Waals surface area contributed by atoms with Crippen molar-refractivity contribution in [3.05, 3.63) is 70.9 Å². The Morgan fingerprint density at radius 3 is 2.60 bits per heavy atom. The van der Waals surface area contributed by atoms with Crippen LogP contribution in [-0.2, 0) is 11.2 Å². The maximum absolute atomic E-state index is 10.6. The first-order chi connectivity index (χ1) is 12.2. The van der Waals surface area contributed by atoms with Crippen LogP contribution in [0.25, 0.3) is 5.69 Å². The van der Waals surface area contributed by atoms with Crippen molar-refractivity contribution < 1.29 is 9.53 Å². The lowest BCUT2D eigenvalue weighted by molar-refractivity contribution is 0.452. The van der Waals surface area contributed by atoms with E-state index >= 15 is 0 Å². The molecule has 0 saturated heterocycles. The summed E-state index contributed by atoms with van der Waals surface area (Å²) in [4.78, 5) is 14.4. The van der Waals surface area contributed by atoms with Crippen molar-refractivity contribution in [2.45, 2.75) is 20.3 Å². The lowest BCUT2D eigenvalue weighted by Gasteiger charge is -2.15. The number of hydrogen-bond acceptors (Lipinski definition) is 3. The van der Waals surface area contributed by atoms with Gasteiger partial charge in [0.05, 0.1) is 10.7 Å². The zero-order valence-corrected chi connectivity index (χ0v) is 14.7. The molecule has 1 heterocycles. The number of rotatable bonds is 5. The molecule has 0 bridgehead atoms. The summed E-state index contributed by atoms with van der Waals surface area (Å²) >= 11 is 6.41. The van der Waals surface area contributed by atoms with E-state index in [-0.39, 0.29) is 0 Å². The van der Waals surface area contributed by atoms with Crippen LogP contribution in [0.2, 0.25) is 5.02 Å². The predicted molar refractivity (Wildman–Crippen MR) is 99.2 cm³/mol. The average molecular weight is 353 g/mol. The second-order valence-electron chi connectivity index (χ2n) is 5.53. The third kappa shape index (κ3) is 3.36. The van der Waals surface area contributed by atoms with Crippen molar-refractivity contribution in [1.82, 2.24) is 4.57 Å². The van der Waals surface area contributed by atoms with E-state index in [1.54, 1.807) is 24.3 Å². The number of carbonyl (C=O) groups excluding carboxylic acids is 1. The van der Waals surface area contributed by atoms with Crippen LogP contribution < -0.4 is 4.74 Å². The zero-order valence-electron chi connectivity index (χ0n) is 14.0. The number of benzene rings is 2. The Labute approximate surface area is 151 Å². The third-order valence-electron chi connectivity index (χ3n) is 3.96. The molecule has 0 aliphatic carbocycles. The van der Waals surface area contributed by atoms with Crippen LogP contribution >= 0.6 is 11.6 Å². The molecule has 3 rings (SSSR count). The molecule has 0 fully saturated rings. The maximum Gasteiger partial charge on any atom is 0.240 e. The number of aryl methyl sites for hydroxylation is 1. The SMILES string of the molecule is CCc1c(C)cc(Oc2ccccc2N=C=O)n1-c1ccccc1Cl. The van der Waals surface area contributed by atoms with E-state index < -0.39 is 0 Å². The normalized spacial score (nSPS) is 10.4. The van der Waals surface area contributed by atoms with Gasteiger partial charge in [0.25, 0.3) is 0 Å². The van der Waals surface area contributed by atoms with Crippen molar-refractivity contribution >= 4 is 23.4 Å². The fraction of sp³-hybridized carbons (Fsp3) is 0.150. The molecular weight excluding hydrogens is 336 g/mol. The molecule has 0 aliphatic rings. The van der Waals surface area contributed by atoms with Gasteiger partial charge in [-0.15, -0.1) is 0 Å². The predicted octanol–water partition coefficient (Wildman–Crippen LogP) is 5.76. The minimum Gasteiger partial charge on any atom is -0.438 e. The molecule has 5 heteroatoms. The van der Waals surface area contributed by atoms with Crippen LogP contribution in [0.1, 0.15) is 18.2 Å². The molecule has 2 aromatic carbocycles. The van der Waals surface area contributed by atoms with E-state index in [1.807, 2.05) is 47.9 Å². The van der Waals surface area contributed by atoms with Gasteiger partial charge in [0.2, 0.25) is 12.0 Å². The minimum absolute atomic E-state index is 0.431. The number of nitrogens with zero attached hydrogens (tertiary/aromatic N) is 2. The Morgan fingerprint density at radius 2 is 1.88 bits per heavy atom. The van der Waals surface area contributed by atoms with Gasteiger partial charge in [0, 0.05) is 11.8 Å². The molecule has 0 amide bonds. The third-order valence-corrected chi connectivity index (χ3v) is 4.28. The first-order valence-corrected chi connectivity index (χ1v) is 8.34. The highest BCUT2D eigenvalue weighted by molar-refractivity contribution is 6.32. The van der Waals surface area contributed by atoms with Gasteiger partial charge in [0.15, 0.2) is 5.75 Å². The quantitative estimate of drug-likeness (QED) is 0.432. The standard InChI is InChI=1S/C20H17ClN2O2/c1-3-17-14(2)12-20(23(17)18-10-6-4-8-15(18)21)25-19-11-7-5-9-16(19)22-13-24/h4-12H,3H2,1-2H3. The van der Waals surface area contributed by atoms with E-state index in [1.165, 1.54) is 0 Å². The summed E-state index contributed by atoms with van der Waals surface area (Å²) in [7, 11) is 0. The molecule has 3 aromatic rings. The number of aliphatic imine (C=N–C) groups is 1. The smallest absolute Gasteiger partial charge is 0.240 e. The van der Waals surface area contributed by atoms with E-state index in [9.17, 15) is 4.79 Å². The number of hydrogen-bond donors (Lipinski definition) is 0. The molecule has 0 saturated carbocycles. The summed E-state index contributed by atoms with van der Waals surface area (Å²) in [6.07, 6.45) is 2.39. The van der Waals surface area contributed by atoms with Gasteiger partial charge in [0.1, 0.15) is 5.69 Å². The molecule has 25 heavy (non-hydrogen) atoms. The Balaban J connectivity index is 2.15. The van der Waals surface area contributed by atoms with Gasteiger partial charge in [-0.05, 0) is 43.2 Å². The second kappa shape index (κ2) is 7.39. The number of para-hydroxylation sites is 3. The van der Waals surface area contributed by atoms with Crippen LogP contribution in [0, 0.1) is 6.92 Å². The molecule has 0 spiro atoms. The highest BCUT2D eigenvalue weighted by atomic mass is 35.5. The van der Waals surface area contributed by atoms with Crippen molar-refractivity contribution in [3.8, 4) is 17.3 Å². The number of ether oxygens (including phenoxy) is 1. The van der Waals surface area contributed by atoms with Gasteiger partial charge in [-0.3, -0.25) is 4.57 Å². The monoisotopic (exact) mass is 352 g/mol.